The number of halogens is 1. The highest BCUT2D eigenvalue weighted by Crippen LogP contribution is 2.27. The first kappa shape index (κ1) is 13.5. The highest BCUT2D eigenvalue weighted by molar-refractivity contribution is 9.10. The van der Waals surface area contributed by atoms with E-state index in [0.717, 1.165) is 23.4 Å². The maximum atomic E-state index is 4.53. The maximum Gasteiger partial charge on any atom is 0.224 e. The molecule has 1 aliphatic heterocycles. The van der Waals surface area contributed by atoms with E-state index in [1.165, 1.54) is 12.8 Å². The van der Waals surface area contributed by atoms with Gasteiger partial charge in [0.05, 0.1) is 4.47 Å². The third kappa shape index (κ3) is 2.92. The van der Waals surface area contributed by atoms with Gasteiger partial charge >= 0.3 is 0 Å². The fourth-order valence-electron chi connectivity index (χ4n) is 2.28. The van der Waals surface area contributed by atoms with E-state index in [1.807, 2.05) is 7.05 Å². The molecule has 0 spiro atoms. The average Bonchev–Trinajstić information content (AvgIpc) is 2.39. The number of nitrogens with zero attached hydrogens (tertiary/aromatic N) is 4. The van der Waals surface area contributed by atoms with E-state index in [2.05, 4.69) is 55.1 Å². The van der Waals surface area contributed by atoms with Crippen molar-refractivity contribution in [2.75, 3.05) is 44.4 Å². The van der Waals surface area contributed by atoms with Crippen LogP contribution in [0.25, 0.3) is 0 Å². The topological polar surface area (TPSA) is 44.3 Å². The number of hydrogen-bond donors (Lipinski definition) is 1. The van der Waals surface area contributed by atoms with Crippen molar-refractivity contribution in [3.63, 3.8) is 0 Å². The van der Waals surface area contributed by atoms with Gasteiger partial charge in [0.15, 0.2) is 0 Å². The van der Waals surface area contributed by atoms with Crippen molar-refractivity contribution < 1.29 is 0 Å². The zero-order valence-corrected chi connectivity index (χ0v) is 12.7. The number of nitrogens with one attached hydrogen (secondary N) is 1. The van der Waals surface area contributed by atoms with Gasteiger partial charge in [0, 0.05) is 26.3 Å². The number of aromatic nitrogens is 2. The number of piperidine rings is 1. The Morgan fingerprint density at radius 1 is 1.44 bits per heavy atom. The quantitative estimate of drug-likeness (QED) is 0.922. The van der Waals surface area contributed by atoms with Crippen LogP contribution < -0.4 is 10.2 Å². The van der Waals surface area contributed by atoms with Crippen LogP contribution in [-0.2, 0) is 0 Å². The Labute approximate surface area is 117 Å². The van der Waals surface area contributed by atoms with Crippen molar-refractivity contribution in [3.05, 3.63) is 10.7 Å². The van der Waals surface area contributed by atoms with Gasteiger partial charge < -0.3 is 15.1 Å². The maximum absolute atomic E-state index is 4.53. The molecular formula is C12H20BrN5. The lowest BCUT2D eigenvalue weighted by Gasteiger charge is -2.36. The molecule has 2 heterocycles. The molecule has 2 rings (SSSR count). The first-order chi connectivity index (χ1) is 8.61. The fraction of sp³-hybridized carbons (Fsp3) is 0.667. The standard InChI is InChI=1S/C12H20BrN5/c1-14-12-15-8-10(13)11(16-12)18(3)9-4-6-17(2)7-5-9/h8-9H,4-7H2,1-3H3,(H,14,15,16). The van der Waals surface area contributed by atoms with Gasteiger partial charge in [0.1, 0.15) is 5.82 Å². The van der Waals surface area contributed by atoms with Crippen LogP contribution in [0.15, 0.2) is 10.7 Å². The molecule has 0 radical (unpaired) electrons. The molecule has 6 heteroatoms. The molecule has 0 aromatic carbocycles. The van der Waals surface area contributed by atoms with E-state index in [-0.39, 0.29) is 0 Å². The fourth-order valence-corrected chi connectivity index (χ4v) is 2.75. The van der Waals surface area contributed by atoms with Crippen molar-refractivity contribution in [1.82, 2.24) is 14.9 Å². The molecule has 100 valence electrons. The summed E-state index contributed by atoms with van der Waals surface area (Å²) in [4.78, 5) is 13.4. The molecule has 5 nitrogen and oxygen atoms in total. The van der Waals surface area contributed by atoms with Crippen LogP contribution in [0.1, 0.15) is 12.8 Å². The largest absolute Gasteiger partial charge is 0.357 e. The SMILES string of the molecule is CNc1ncc(Br)c(N(C)C2CCN(C)CC2)n1. The summed E-state index contributed by atoms with van der Waals surface area (Å²) in [6.45, 7) is 2.30. The van der Waals surface area contributed by atoms with Gasteiger partial charge in [0.2, 0.25) is 5.95 Å². The molecule has 1 saturated heterocycles. The Balaban J connectivity index is 2.14. The Kier molecular flexibility index (Phi) is 4.40. The zero-order chi connectivity index (χ0) is 13.1. The number of hydrogen-bond acceptors (Lipinski definition) is 5. The molecule has 1 aliphatic rings. The van der Waals surface area contributed by atoms with Crippen molar-refractivity contribution in [1.29, 1.82) is 0 Å². The van der Waals surface area contributed by atoms with Crippen molar-refractivity contribution in [3.8, 4) is 0 Å². The van der Waals surface area contributed by atoms with Crippen LogP contribution in [0.3, 0.4) is 0 Å². The van der Waals surface area contributed by atoms with Gasteiger partial charge in [-0.25, -0.2) is 4.98 Å². The second kappa shape index (κ2) is 5.84. The van der Waals surface area contributed by atoms with Crippen molar-refractivity contribution in [2.45, 2.75) is 18.9 Å². The Bertz CT molecular complexity index is 403. The van der Waals surface area contributed by atoms with Crippen LogP contribution in [0.4, 0.5) is 11.8 Å². The highest BCUT2D eigenvalue weighted by Gasteiger charge is 2.23. The Morgan fingerprint density at radius 2 is 2.11 bits per heavy atom. The third-order valence-electron chi connectivity index (χ3n) is 3.52. The van der Waals surface area contributed by atoms with E-state index < -0.39 is 0 Å². The van der Waals surface area contributed by atoms with Gasteiger partial charge in [0.25, 0.3) is 0 Å². The van der Waals surface area contributed by atoms with Crippen LogP contribution in [-0.4, -0.2) is 55.1 Å². The molecular weight excluding hydrogens is 294 g/mol. The minimum Gasteiger partial charge on any atom is -0.357 e. The second-order valence-electron chi connectivity index (χ2n) is 4.76. The average molecular weight is 314 g/mol. The number of likely N-dealkylation sites (tertiary alicyclic amines) is 1. The summed E-state index contributed by atoms with van der Waals surface area (Å²) >= 11 is 3.53. The summed E-state index contributed by atoms with van der Waals surface area (Å²) in [6, 6.07) is 0.553. The van der Waals surface area contributed by atoms with E-state index in [1.54, 1.807) is 6.20 Å². The zero-order valence-electron chi connectivity index (χ0n) is 11.1. The summed E-state index contributed by atoms with van der Waals surface area (Å²) in [7, 11) is 6.13. The predicted octanol–water partition coefficient (Wildman–Crippen LogP) is 1.81. The molecule has 1 fully saturated rings. The van der Waals surface area contributed by atoms with E-state index >= 15 is 0 Å². The van der Waals surface area contributed by atoms with Gasteiger partial charge in [-0.15, -0.1) is 0 Å². The van der Waals surface area contributed by atoms with Crippen LogP contribution in [0.2, 0.25) is 0 Å². The first-order valence-corrected chi connectivity index (χ1v) is 7.02. The predicted molar refractivity (Wildman–Crippen MR) is 78.2 cm³/mol. The molecule has 0 amide bonds. The highest BCUT2D eigenvalue weighted by atomic mass is 79.9. The normalized spacial score (nSPS) is 17.8. The van der Waals surface area contributed by atoms with E-state index in [0.29, 0.717) is 12.0 Å². The van der Waals surface area contributed by atoms with E-state index in [9.17, 15) is 0 Å². The molecule has 0 bridgehead atoms. The molecule has 1 aromatic rings. The molecule has 0 atom stereocenters. The molecule has 0 aliphatic carbocycles. The molecule has 1 aromatic heterocycles. The summed E-state index contributed by atoms with van der Waals surface area (Å²) < 4.78 is 0.947. The van der Waals surface area contributed by atoms with Gasteiger partial charge in [-0.2, -0.15) is 4.98 Å². The first-order valence-electron chi connectivity index (χ1n) is 6.23. The van der Waals surface area contributed by atoms with E-state index in [4.69, 9.17) is 0 Å². The molecule has 1 N–H and O–H groups in total. The van der Waals surface area contributed by atoms with Crippen molar-refractivity contribution >= 4 is 27.7 Å². The molecule has 0 unspecified atom stereocenters. The summed E-state index contributed by atoms with van der Waals surface area (Å²) in [5, 5.41) is 2.98. The summed E-state index contributed by atoms with van der Waals surface area (Å²) in [5.74, 6) is 1.62. The van der Waals surface area contributed by atoms with Crippen LogP contribution in [0, 0.1) is 0 Å². The second-order valence-corrected chi connectivity index (χ2v) is 5.61. The summed E-state index contributed by atoms with van der Waals surface area (Å²) in [5.41, 5.74) is 0. The third-order valence-corrected chi connectivity index (χ3v) is 4.08. The molecule has 18 heavy (non-hydrogen) atoms. The Morgan fingerprint density at radius 3 is 2.72 bits per heavy atom. The van der Waals surface area contributed by atoms with Crippen LogP contribution >= 0.6 is 15.9 Å². The molecule has 0 saturated carbocycles. The monoisotopic (exact) mass is 313 g/mol. The van der Waals surface area contributed by atoms with Gasteiger partial charge in [-0.05, 0) is 48.9 Å². The number of rotatable bonds is 3. The van der Waals surface area contributed by atoms with Crippen molar-refractivity contribution in [2.24, 2.45) is 0 Å². The lowest BCUT2D eigenvalue weighted by molar-refractivity contribution is 0.252. The number of anilines is 2. The van der Waals surface area contributed by atoms with Crippen LogP contribution in [0.5, 0.6) is 0 Å². The van der Waals surface area contributed by atoms with Gasteiger partial charge in [-0.3, -0.25) is 0 Å². The minimum atomic E-state index is 0.553. The Hall–Kier alpha value is -0.880. The lowest BCUT2D eigenvalue weighted by Crippen LogP contribution is -2.42. The summed E-state index contributed by atoms with van der Waals surface area (Å²) in [6.07, 6.45) is 4.16. The minimum absolute atomic E-state index is 0.553. The lowest BCUT2D eigenvalue weighted by atomic mass is 10.0. The smallest absolute Gasteiger partial charge is 0.224 e. The van der Waals surface area contributed by atoms with Gasteiger partial charge in [-0.1, -0.05) is 0 Å².